The molecule has 0 fully saturated rings. The molecule has 1 amide bonds. The van der Waals surface area contributed by atoms with Gasteiger partial charge in [0.2, 0.25) is 0 Å². The second-order valence-corrected chi connectivity index (χ2v) is 5.28. The quantitative estimate of drug-likeness (QED) is 0.708. The third kappa shape index (κ3) is 2.15. The highest BCUT2D eigenvalue weighted by atomic mass is 35.5. The number of carbonyl (C=O) groups excluding carboxylic acids is 1. The summed E-state index contributed by atoms with van der Waals surface area (Å²) in [5, 5.41) is 22.1. The predicted molar refractivity (Wildman–Crippen MR) is 79.8 cm³/mol. The SMILES string of the molecule is CN1c2ccccc2C(=O)N[C@@H]1c1cc(O)c(O)c(Cl)c1. The van der Waals surface area contributed by atoms with Crippen LogP contribution in [0.2, 0.25) is 5.02 Å². The molecule has 0 spiro atoms. The zero-order valence-electron chi connectivity index (χ0n) is 11.2. The van der Waals surface area contributed by atoms with Crippen molar-refractivity contribution in [2.45, 2.75) is 6.17 Å². The number of halogens is 1. The number of carbonyl (C=O) groups is 1. The molecule has 6 heteroatoms. The Labute approximate surface area is 126 Å². The van der Waals surface area contributed by atoms with Crippen LogP contribution in [-0.4, -0.2) is 23.2 Å². The van der Waals surface area contributed by atoms with Crippen LogP contribution in [0, 0.1) is 0 Å². The Morgan fingerprint density at radius 1 is 1.24 bits per heavy atom. The molecule has 0 radical (unpaired) electrons. The Balaban J connectivity index is 2.07. The first-order chi connectivity index (χ1) is 9.99. The Bertz CT molecular complexity index is 710. The molecule has 3 rings (SSSR count). The highest BCUT2D eigenvalue weighted by Crippen LogP contribution is 2.38. The van der Waals surface area contributed by atoms with Gasteiger partial charge in [-0.05, 0) is 24.3 Å². The minimum absolute atomic E-state index is 0.0338. The number of anilines is 1. The molecule has 0 aromatic heterocycles. The van der Waals surface area contributed by atoms with E-state index in [2.05, 4.69) is 5.32 Å². The molecule has 5 nitrogen and oxygen atoms in total. The Kier molecular flexibility index (Phi) is 3.14. The molecule has 1 heterocycles. The first-order valence-electron chi connectivity index (χ1n) is 6.33. The molecule has 3 N–H and O–H groups in total. The fourth-order valence-corrected chi connectivity index (χ4v) is 2.70. The number of para-hydroxylation sites is 1. The first kappa shape index (κ1) is 13.6. The van der Waals surface area contributed by atoms with Crippen molar-refractivity contribution in [3.63, 3.8) is 0 Å². The number of hydrogen-bond acceptors (Lipinski definition) is 4. The zero-order chi connectivity index (χ0) is 15.1. The fourth-order valence-electron chi connectivity index (χ4n) is 2.48. The standard InChI is InChI=1S/C15H13ClN2O3/c1-18-11-5-3-2-4-9(11)15(21)17-14(18)8-6-10(16)13(20)12(19)7-8/h2-7,14,19-20H,1H3,(H,17,21)/t14-/m0/s1. The third-order valence-electron chi connectivity index (χ3n) is 3.57. The molecule has 108 valence electrons. The number of rotatable bonds is 1. The molecule has 21 heavy (non-hydrogen) atoms. The van der Waals surface area contributed by atoms with Gasteiger partial charge in [0, 0.05) is 12.6 Å². The number of nitrogens with one attached hydrogen (secondary N) is 1. The topological polar surface area (TPSA) is 72.8 Å². The van der Waals surface area contributed by atoms with Crippen molar-refractivity contribution in [1.29, 1.82) is 0 Å². The maximum absolute atomic E-state index is 12.2. The van der Waals surface area contributed by atoms with Crippen LogP contribution >= 0.6 is 11.6 Å². The largest absolute Gasteiger partial charge is 0.504 e. The van der Waals surface area contributed by atoms with Crippen LogP contribution in [0.15, 0.2) is 36.4 Å². The van der Waals surface area contributed by atoms with Crippen molar-refractivity contribution in [2.75, 3.05) is 11.9 Å². The zero-order valence-corrected chi connectivity index (χ0v) is 11.9. The van der Waals surface area contributed by atoms with Crippen molar-refractivity contribution in [2.24, 2.45) is 0 Å². The molecule has 0 aliphatic carbocycles. The minimum Gasteiger partial charge on any atom is -0.504 e. The van der Waals surface area contributed by atoms with Crippen LogP contribution in [-0.2, 0) is 0 Å². The summed E-state index contributed by atoms with van der Waals surface area (Å²) in [6, 6.07) is 10.2. The Morgan fingerprint density at radius 3 is 2.67 bits per heavy atom. The number of benzene rings is 2. The molecular weight excluding hydrogens is 292 g/mol. The summed E-state index contributed by atoms with van der Waals surface area (Å²) in [7, 11) is 1.83. The highest BCUT2D eigenvalue weighted by Gasteiger charge is 2.29. The van der Waals surface area contributed by atoms with E-state index in [0.717, 1.165) is 5.69 Å². The van der Waals surface area contributed by atoms with E-state index in [0.29, 0.717) is 11.1 Å². The molecule has 0 bridgehead atoms. The lowest BCUT2D eigenvalue weighted by atomic mass is 10.0. The molecule has 1 atom stereocenters. The van der Waals surface area contributed by atoms with Crippen molar-refractivity contribution in [3.8, 4) is 11.5 Å². The molecule has 1 aliphatic rings. The van der Waals surface area contributed by atoms with Crippen LogP contribution in [0.3, 0.4) is 0 Å². The molecule has 0 unspecified atom stereocenters. The van der Waals surface area contributed by atoms with Gasteiger partial charge in [-0.15, -0.1) is 0 Å². The second-order valence-electron chi connectivity index (χ2n) is 4.87. The van der Waals surface area contributed by atoms with Gasteiger partial charge in [-0.25, -0.2) is 0 Å². The summed E-state index contributed by atoms with van der Waals surface area (Å²) in [6.07, 6.45) is -0.476. The van der Waals surface area contributed by atoms with Gasteiger partial charge in [-0.2, -0.15) is 0 Å². The maximum atomic E-state index is 12.2. The molecule has 0 saturated heterocycles. The van der Waals surface area contributed by atoms with E-state index < -0.39 is 6.17 Å². The van der Waals surface area contributed by atoms with Gasteiger partial charge in [-0.3, -0.25) is 4.79 Å². The van der Waals surface area contributed by atoms with Crippen LogP contribution < -0.4 is 10.2 Å². The van der Waals surface area contributed by atoms with Gasteiger partial charge in [0.15, 0.2) is 11.5 Å². The van der Waals surface area contributed by atoms with Crippen molar-refractivity contribution in [3.05, 3.63) is 52.5 Å². The summed E-state index contributed by atoms with van der Waals surface area (Å²) in [5.74, 6) is -0.887. The lowest BCUT2D eigenvalue weighted by molar-refractivity contribution is 0.0928. The van der Waals surface area contributed by atoms with E-state index in [-0.39, 0.29) is 22.4 Å². The van der Waals surface area contributed by atoms with Gasteiger partial charge in [-0.1, -0.05) is 23.7 Å². The summed E-state index contributed by atoms with van der Waals surface area (Å²) in [4.78, 5) is 14.0. The van der Waals surface area contributed by atoms with Crippen LogP contribution in [0.25, 0.3) is 0 Å². The van der Waals surface area contributed by atoms with E-state index in [1.807, 2.05) is 24.1 Å². The lowest BCUT2D eigenvalue weighted by Crippen LogP contribution is -2.44. The normalized spacial score (nSPS) is 17.3. The maximum Gasteiger partial charge on any atom is 0.255 e. The van der Waals surface area contributed by atoms with Crippen LogP contribution in [0.5, 0.6) is 11.5 Å². The number of phenols is 2. The minimum atomic E-state index is -0.476. The number of nitrogens with zero attached hydrogens (tertiary/aromatic N) is 1. The van der Waals surface area contributed by atoms with E-state index in [4.69, 9.17) is 11.6 Å². The average molecular weight is 305 g/mol. The molecular formula is C15H13ClN2O3. The number of aromatic hydroxyl groups is 2. The van der Waals surface area contributed by atoms with Crippen LogP contribution in [0.4, 0.5) is 5.69 Å². The van der Waals surface area contributed by atoms with Gasteiger partial charge in [0.05, 0.1) is 16.3 Å². The smallest absolute Gasteiger partial charge is 0.255 e. The number of phenolic OH excluding ortho intramolecular Hbond substituents is 2. The number of hydrogen-bond donors (Lipinski definition) is 3. The summed E-state index contributed by atoms with van der Waals surface area (Å²) >= 11 is 5.88. The summed E-state index contributed by atoms with van der Waals surface area (Å²) in [5.41, 5.74) is 1.96. The van der Waals surface area contributed by atoms with E-state index in [1.54, 1.807) is 12.1 Å². The lowest BCUT2D eigenvalue weighted by Gasteiger charge is -2.36. The fraction of sp³-hybridized carbons (Fsp3) is 0.133. The van der Waals surface area contributed by atoms with Crippen molar-refractivity contribution >= 4 is 23.2 Å². The van der Waals surface area contributed by atoms with Crippen molar-refractivity contribution in [1.82, 2.24) is 5.32 Å². The van der Waals surface area contributed by atoms with Gasteiger partial charge >= 0.3 is 0 Å². The summed E-state index contributed by atoms with van der Waals surface area (Å²) in [6.45, 7) is 0. The Hall–Kier alpha value is -2.40. The second kappa shape index (κ2) is 4.86. The van der Waals surface area contributed by atoms with E-state index >= 15 is 0 Å². The molecule has 0 saturated carbocycles. The van der Waals surface area contributed by atoms with E-state index in [1.165, 1.54) is 12.1 Å². The Morgan fingerprint density at radius 2 is 1.95 bits per heavy atom. The highest BCUT2D eigenvalue weighted by molar-refractivity contribution is 6.32. The first-order valence-corrected chi connectivity index (χ1v) is 6.71. The monoisotopic (exact) mass is 304 g/mol. The van der Waals surface area contributed by atoms with Gasteiger partial charge in [0.1, 0.15) is 6.17 Å². The molecule has 2 aromatic rings. The average Bonchev–Trinajstić information content (AvgIpc) is 2.48. The van der Waals surface area contributed by atoms with Gasteiger partial charge in [0.25, 0.3) is 5.91 Å². The van der Waals surface area contributed by atoms with Crippen molar-refractivity contribution < 1.29 is 15.0 Å². The van der Waals surface area contributed by atoms with E-state index in [9.17, 15) is 15.0 Å². The summed E-state index contributed by atoms with van der Waals surface area (Å²) < 4.78 is 0. The molecule has 1 aliphatic heterocycles. The van der Waals surface area contributed by atoms with Gasteiger partial charge < -0.3 is 20.4 Å². The number of fused-ring (bicyclic) bond motifs is 1. The number of amides is 1. The molecule has 2 aromatic carbocycles. The predicted octanol–water partition coefficient (Wildman–Crippen LogP) is 2.63. The third-order valence-corrected chi connectivity index (χ3v) is 3.85. The van der Waals surface area contributed by atoms with Crippen LogP contribution in [0.1, 0.15) is 22.1 Å².